The zero-order valence-electron chi connectivity index (χ0n) is 11.6. The molecule has 3 rings (SSSR count). The molecule has 2 nitrogen and oxygen atoms in total. The highest BCUT2D eigenvalue weighted by Gasteiger charge is 2.07. The molecule has 0 amide bonds. The molecule has 0 N–H and O–H groups in total. The molecule has 0 saturated carbocycles. The van der Waals surface area contributed by atoms with E-state index < -0.39 is 0 Å². The quantitative estimate of drug-likeness (QED) is 0.679. The third-order valence-electron chi connectivity index (χ3n) is 3.51. The third-order valence-corrected chi connectivity index (χ3v) is 3.82. The number of rotatable bonds is 3. The zero-order chi connectivity index (χ0) is 14.1. The first-order valence-electron chi connectivity index (χ1n) is 6.57. The summed E-state index contributed by atoms with van der Waals surface area (Å²) in [5, 5.41) is 1.87. The number of aromatic nitrogens is 1. The normalized spacial score (nSPS) is 10.9. The predicted molar refractivity (Wildman–Crippen MR) is 83.4 cm³/mol. The van der Waals surface area contributed by atoms with Gasteiger partial charge >= 0.3 is 0 Å². The van der Waals surface area contributed by atoms with Crippen LogP contribution in [0.2, 0.25) is 5.02 Å². The molecule has 0 aliphatic carbocycles. The molecule has 0 radical (unpaired) electrons. The summed E-state index contributed by atoms with van der Waals surface area (Å²) in [5.74, 6) is 0.718. The summed E-state index contributed by atoms with van der Waals surface area (Å²) in [6.07, 6.45) is 0. The van der Waals surface area contributed by atoms with E-state index in [-0.39, 0.29) is 0 Å². The predicted octanol–water partition coefficient (Wildman–Crippen LogP) is 4.72. The number of ether oxygens (including phenoxy) is 1. The molecule has 3 aromatic rings. The van der Waals surface area contributed by atoms with Gasteiger partial charge in [-0.1, -0.05) is 35.9 Å². The van der Waals surface area contributed by atoms with Crippen LogP contribution in [0.15, 0.2) is 48.5 Å². The second-order valence-electron chi connectivity index (χ2n) is 4.98. The van der Waals surface area contributed by atoms with Gasteiger partial charge in [0.1, 0.15) is 12.4 Å². The Hall–Kier alpha value is -1.93. The van der Waals surface area contributed by atoms with Crippen LogP contribution in [0.1, 0.15) is 11.3 Å². The first-order chi connectivity index (χ1) is 9.65. The van der Waals surface area contributed by atoms with Crippen LogP contribution in [0.4, 0.5) is 0 Å². The van der Waals surface area contributed by atoms with Crippen LogP contribution in [0.5, 0.6) is 5.75 Å². The molecular formula is C17H16ClNO. The van der Waals surface area contributed by atoms with Gasteiger partial charge in [-0.3, -0.25) is 0 Å². The van der Waals surface area contributed by atoms with Gasteiger partial charge in [-0.25, -0.2) is 0 Å². The van der Waals surface area contributed by atoms with Crippen LogP contribution in [-0.4, -0.2) is 4.57 Å². The minimum atomic E-state index is 0.508. The SMILES string of the molecule is Cc1ccc2cc(COc3ccccc3Cl)n(C)c2c1. The number of benzene rings is 2. The average molecular weight is 286 g/mol. The summed E-state index contributed by atoms with van der Waals surface area (Å²) in [5.41, 5.74) is 3.62. The van der Waals surface area contributed by atoms with Crippen molar-refractivity contribution in [3.63, 3.8) is 0 Å². The Morgan fingerprint density at radius 2 is 1.90 bits per heavy atom. The van der Waals surface area contributed by atoms with Gasteiger partial charge in [-0.2, -0.15) is 0 Å². The lowest BCUT2D eigenvalue weighted by Crippen LogP contribution is -2.02. The summed E-state index contributed by atoms with van der Waals surface area (Å²) in [4.78, 5) is 0. The molecule has 0 aliphatic heterocycles. The second-order valence-corrected chi connectivity index (χ2v) is 5.38. The van der Waals surface area contributed by atoms with E-state index in [1.54, 1.807) is 0 Å². The van der Waals surface area contributed by atoms with Gasteiger partial charge in [-0.15, -0.1) is 0 Å². The lowest BCUT2D eigenvalue weighted by atomic mass is 10.2. The average Bonchev–Trinajstić information content (AvgIpc) is 2.75. The molecule has 3 heteroatoms. The van der Waals surface area contributed by atoms with Crippen molar-refractivity contribution in [3.8, 4) is 5.75 Å². The van der Waals surface area contributed by atoms with Crippen LogP contribution in [0.3, 0.4) is 0 Å². The minimum Gasteiger partial charge on any atom is -0.486 e. The summed E-state index contributed by atoms with van der Waals surface area (Å²) in [6, 6.07) is 16.2. The summed E-state index contributed by atoms with van der Waals surface area (Å²) in [7, 11) is 2.06. The monoisotopic (exact) mass is 285 g/mol. The molecule has 0 spiro atoms. The molecule has 0 bridgehead atoms. The van der Waals surface area contributed by atoms with E-state index >= 15 is 0 Å². The van der Waals surface area contributed by atoms with Crippen molar-refractivity contribution in [3.05, 3.63) is 64.8 Å². The Kier molecular flexibility index (Phi) is 3.41. The maximum absolute atomic E-state index is 6.10. The molecular weight excluding hydrogens is 270 g/mol. The van der Waals surface area contributed by atoms with Crippen LogP contribution < -0.4 is 4.74 Å². The van der Waals surface area contributed by atoms with E-state index in [9.17, 15) is 0 Å². The largest absolute Gasteiger partial charge is 0.486 e. The summed E-state index contributed by atoms with van der Waals surface area (Å²) < 4.78 is 7.98. The van der Waals surface area contributed by atoms with Gasteiger partial charge in [0.2, 0.25) is 0 Å². The molecule has 2 aromatic carbocycles. The molecule has 20 heavy (non-hydrogen) atoms. The summed E-state index contributed by atoms with van der Waals surface area (Å²) >= 11 is 6.10. The van der Waals surface area contributed by atoms with Gasteiger partial charge in [-0.05, 0) is 42.1 Å². The van der Waals surface area contributed by atoms with Crippen molar-refractivity contribution in [1.29, 1.82) is 0 Å². The molecule has 102 valence electrons. The van der Waals surface area contributed by atoms with Crippen LogP contribution in [0.25, 0.3) is 10.9 Å². The molecule has 0 aliphatic rings. The number of nitrogens with zero attached hydrogens (tertiary/aromatic N) is 1. The number of halogens is 1. The smallest absolute Gasteiger partial charge is 0.138 e. The van der Waals surface area contributed by atoms with Crippen molar-refractivity contribution in [2.24, 2.45) is 7.05 Å². The Bertz CT molecular complexity index is 761. The van der Waals surface area contributed by atoms with E-state index in [1.165, 1.54) is 16.5 Å². The fraction of sp³-hybridized carbons (Fsp3) is 0.176. The third kappa shape index (κ3) is 2.39. The number of hydrogen-bond acceptors (Lipinski definition) is 1. The maximum Gasteiger partial charge on any atom is 0.138 e. The van der Waals surface area contributed by atoms with E-state index in [1.807, 2.05) is 24.3 Å². The van der Waals surface area contributed by atoms with E-state index in [4.69, 9.17) is 16.3 Å². The topological polar surface area (TPSA) is 14.2 Å². The Labute approximate surface area is 123 Å². The van der Waals surface area contributed by atoms with Crippen molar-refractivity contribution >= 4 is 22.5 Å². The fourth-order valence-corrected chi connectivity index (χ4v) is 2.54. The van der Waals surface area contributed by atoms with Crippen molar-refractivity contribution in [2.75, 3.05) is 0 Å². The van der Waals surface area contributed by atoms with Gasteiger partial charge in [0, 0.05) is 12.6 Å². The van der Waals surface area contributed by atoms with Crippen LogP contribution >= 0.6 is 11.6 Å². The van der Waals surface area contributed by atoms with E-state index in [0.29, 0.717) is 11.6 Å². The van der Waals surface area contributed by atoms with E-state index in [2.05, 4.69) is 42.8 Å². The second kappa shape index (κ2) is 5.22. The Balaban J connectivity index is 1.88. The first kappa shape index (κ1) is 13.1. The number of hydrogen-bond donors (Lipinski definition) is 0. The highest BCUT2D eigenvalue weighted by atomic mass is 35.5. The number of aryl methyl sites for hydroxylation is 2. The lowest BCUT2D eigenvalue weighted by molar-refractivity contribution is 0.298. The lowest BCUT2D eigenvalue weighted by Gasteiger charge is -2.09. The Morgan fingerprint density at radius 1 is 1.10 bits per heavy atom. The van der Waals surface area contributed by atoms with Gasteiger partial charge < -0.3 is 9.30 Å². The van der Waals surface area contributed by atoms with Crippen molar-refractivity contribution in [2.45, 2.75) is 13.5 Å². The molecule has 0 fully saturated rings. The van der Waals surface area contributed by atoms with Crippen molar-refractivity contribution in [1.82, 2.24) is 4.57 Å². The van der Waals surface area contributed by atoms with Gasteiger partial charge in [0.15, 0.2) is 0 Å². The highest BCUT2D eigenvalue weighted by Crippen LogP contribution is 2.25. The minimum absolute atomic E-state index is 0.508. The van der Waals surface area contributed by atoms with Crippen molar-refractivity contribution < 1.29 is 4.74 Å². The molecule has 0 unspecified atom stereocenters. The highest BCUT2D eigenvalue weighted by molar-refractivity contribution is 6.32. The molecule has 0 saturated heterocycles. The zero-order valence-corrected chi connectivity index (χ0v) is 12.3. The van der Waals surface area contributed by atoms with Gasteiger partial charge in [0.25, 0.3) is 0 Å². The maximum atomic E-state index is 6.10. The number of fused-ring (bicyclic) bond motifs is 1. The van der Waals surface area contributed by atoms with E-state index in [0.717, 1.165) is 11.4 Å². The molecule has 0 atom stereocenters. The fourth-order valence-electron chi connectivity index (χ4n) is 2.35. The molecule has 1 heterocycles. The molecule has 1 aromatic heterocycles. The summed E-state index contributed by atoms with van der Waals surface area (Å²) in [6.45, 7) is 2.61. The Morgan fingerprint density at radius 3 is 2.70 bits per heavy atom. The standard InChI is InChI=1S/C17H16ClNO/c1-12-7-8-13-10-14(19(2)16(13)9-12)11-20-17-6-4-3-5-15(17)18/h3-10H,11H2,1-2H3. The van der Waals surface area contributed by atoms with Crippen LogP contribution in [-0.2, 0) is 13.7 Å². The number of para-hydroxylation sites is 1. The van der Waals surface area contributed by atoms with Crippen LogP contribution in [0, 0.1) is 6.92 Å². The van der Waals surface area contributed by atoms with Gasteiger partial charge in [0.05, 0.1) is 10.7 Å². The first-order valence-corrected chi connectivity index (χ1v) is 6.95.